The van der Waals surface area contributed by atoms with Crippen LogP contribution in [0.15, 0.2) is 24.3 Å². The van der Waals surface area contributed by atoms with E-state index in [1.807, 2.05) is 31.2 Å². The van der Waals surface area contributed by atoms with Crippen LogP contribution in [-0.4, -0.2) is 38.9 Å². The zero-order chi connectivity index (χ0) is 14.5. The Labute approximate surface area is 114 Å². The van der Waals surface area contributed by atoms with E-state index in [1.165, 1.54) is 6.26 Å². The van der Waals surface area contributed by atoms with Crippen molar-refractivity contribution in [2.24, 2.45) is 0 Å². The van der Waals surface area contributed by atoms with Gasteiger partial charge in [0.05, 0.1) is 12.3 Å². The number of hydrogen-bond acceptors (Lipinski definition) is 4. The highest BCUT2D eigenvalue weighted by molar-refractivity contribution is 7.90. The maximum atomic E-state index is 11.7. The molecule has 5 nitrogen and oxygen atoms in total. The molecule has 0 heterocycles. The Morgan fingerprint density at radius 1 is 1.37 bits per heavy atom. The van der Waals surface area contributed by atoms with E-state index in [2.05, 4.69) is 10.6 Å². The molecule has 0 spiro atoms. The van der Waals surface area contributed by atoms with Gasteiger partial charge in [-0.2, -0.15) is 0 Å². The first kappa shape index (κ1) is 15.7. The second kappa shape index (κ2) is 6.68. The monoisotopic (exact) mass is 284 g/mol. The van der Waals surface area contributed by atoms with Gasteiger partial charge >= 0.3 is 0 Å². The van der Waals surface area contributed by atoms with Crippen LogP contribution in [0, 0.1) is 6.92 Å². The van der Waals surface area contributed by atoms with Crippen LogP contribution in [0.1, 0.15) is 12.5 Å². The average molecular weight is 284 g/mol. The van der Waals surface area contributed by atoms with Crippen LogP contribution in [0.5, 0.6) is 0 Å². The number of benzene rings is 1. The first-order valence-electron chi connectivity index (χ1n) is 6.04. The summed E-state index contributed by atoms with van der Waals surface area (Å²) in [5, 5.41) is 5.63. The van der Waals surface area contributed by atoms with Gasteiger partial charge in [-0.25, -0.2) is 8.42 Å². The zero-order valence-electron chi connectivity index (χ0n) is 11.4. The number of aryl methyl sites for hydroxylation is 1. The summed E-state index contributed by atoms with van der Waals surface area (Å²) >= 11 is 0. The van der Waals surface area contributed by atoms with Crippen LogP contribution < -0.4 is 10.6 Å². The smallest absolute Gasteiger partial charge is 0.238 e. The third-order valence-electron chi connectivity index (χ3n) is 2.47. The number of carbonyl (C=O) groups excluding carboxylic acids is 1. The standard InChI is InChI=1S/C13H20N2O3S/c1-10-5-4-6-12(7-10)15-13(16)8-14-11(2)9-19(3,17)18/h4-7,11,14H,8-9H2,1-3H3,(H,15,16). The maximum Gasteiger partial charge on any atom is 0.238 e. The third-order valence-corrected chi connectivity index (χ3v) is 3.57. The molecule has 1 aromatic rings. The Morgan fingerprint density at radius 2 is 2.05 bits per heavy atom. The summed E-state index contributed by atoms with van der Waals surface area (Å²) < 4.78 is 22.1. The molecule has 0 aliphatic carbocycles. The maximum absolute atomic E-state index is 11.7. The van der Waals surface area contributed by atoms with Gasteiger partial charge in [-0.3, -0.25) is 4.79 Å². The van der Waals surface area contributed by atoms with Crippen LogP contribution in [0.2, 0.25) is 0 Å². The summed E-state index contributed by atoms with van der Waals surface area (Å²) in [5.41, 5.74) is 1.80. The number of sulfone groups is 1. The van der Waals surface area contributed by atoms with Gasteiger partial charge in [-0.1, -0.05) is 12.1 Å². The molecule has 0 aliphatic heterocycles. The molecular formula is C13H20N2O3S. The van der Waals surface area contributed by atoms with Gasteiger partial charge in [-0.15, -0.1) is 0 Å². The second-order valence-electron chi connectivity index (χ2n) is 4.79. The fraction of sp³-hybridized carbons (Fsp3) is 0.462. The van der Waals surface area contributed by atoms with Crippen molar-refractivity contribution in [1.29, 1.82) is 0 Å². The van der Waals surface area contributed by atoms with Gasteiger partial charge in [-0.05, 0) is 31.5 Å². The second-order valence-corrected chi connectivity index (χ2v) is 6.98. The first-order valence-corrected chi connectivity index (χ1v) is 8.10. The van der Waals surface area contributed by atoms with Crippen LogP contribution in [0.3, 0.4) is 0 Å². The highest BCUT2D eigenvalue weighted by Gasteiger charge is 2.11. The van der Waals surface area contributed by atoms with E-state index in [0.717, 1.165) is 11.3 Å². The molecular weight excluding hydrogens is 264 g/mol. The fourth-order valence-corrected chi connectivity index (χ4v) is 2.73. The highest BCUT2D eigenvalue weighted by atomic mass is 32.2. The molecule has 2 N–H and O–H groups in total. The van der Waals surface area contributed by atoms with Crippen molar-refractivity contribution in [3.05, 3.63) is 29.8 Å². The van der Waals surface area contributed by atoms with Crippen molar-refractivity contribution in [2.75, 3.05) is 23.9 Å². The lowest BCUT2D eigenvalue weighted by molar-refractivity contribution is -0.115. The topological polar surface area (TPSA) is 75.3 Å². The summed E-state index contributed by atoms with van der Waals surface area (Å²) in [6.45, 7) is 3.77. The van der Waals surface area contributed by atoms with Crippen molar-refractivity contribution < 1.29 is 13.2 Å². The van der Waals surface area contributed by atoms with Gasteiger partial charge < -0.3 is 10.6 Å². The van der Waals surface area contributed by atoms with E-state index >= 15 is 0 Å². The molecule has 19 heavy (non-hydrogen) atoms. The quantitative estimate of drug-likeness (QED) is 0.816. The van der Waals surface area contributed by atoms with Gasteiger partial charge in [0.1, 0.15) is 9.84 Å². The van der Waals surface area contributed by atoms with Gasteiger partial charge in [0.15, 0.2) is 0 Å². The zero-order valence-corrected chi connectivity index (χ0v) is 12.3. The number of rotatable bonds is 6. The number of hydrogen-bond donors (Lipinski definition) is 2. The molecule has 0 aromatic heterocycles. The molecule has 0 saturated heterocycles. The minimum Gasteiger partial charge on any atom is -0.325 e. The Kier molecular flexibility index (Phi) is 5.50. The molecule has 1 unspecified atom stereocenters. The molecule has 1 amide bonds. The molecule has 0 saturated carbocycles. The molecule has 0 aliphatic rings. The molecule has 0 radical (unpaired) electrons. The number of carbonyl (C=O) groups is 1. The predicted molar refractivity (Wildman–Crippen MR) is 77.0 cm³/mol. The summed E-state index contributed by atoms with van der Waals surface area (Å²) in [6.07, 6.45) is 1.18. The molecule has 1 atom stereocenters. The fourth-order valence-electron chi connectivity index (χ4n) is 1.71. The summed E-state index contributed by atoms with van der Waals surface area (Å²) in [5.74, 6) is -0.170. The minimum atomic E-state index is -3.03. The van der Waals surface area contributed by atoms with Crippen molar-refractivity contribution >= 4 is 21.4 Å². The Hall–Kier alpha value is -1.40. The average Bonchev–Trinajstić information content (AvgIpc) is 2.24. The molecule has 1 rings (SSSR count). The van der Waals surface area contributed by atoms with Crippen LogP contribution >= 0.6 is 0 Å². The minimum absolute atomic E-state index is 0.0186. The van der Waals surface area contributed by atoms with Crippen molar-refractivity contribution in [1.82, 2.24) is 5.32 Å². The third kappa shape index (κ3) is 6.93. The van der Waals surface area contributed by atoms with Crippen molar-refractivity contribution in [3.8, 4) is 0 Å². The lowest BCUT2D eigenvalue weighted by atomic mass is 10.2. The van der Waals surface area contributed by atoms with E-state index in [-0.39, 0.29) is 24.2 Å². The van der Waals surface area contributed by atoms with Crippen molar-refractivity contribution in [3.63, 3.8) is 0 Å². The summed E-state index contributed by atoms with van der Waals surface area (Å²) in [4.78, 5) is 11.7. The van der Waals surface area contributed by atoms with E-state index in [0.29, 0.717) is 0 Å². The van der Waals surface area contributed by atoms with E-state index in [1.54, 1.807) is 6.92 Å². The molecule has 0 fully saturated rings. The first-order chi connectivity index (χ1) is 8.76. The Bertz CT molecular complexity index is 541. The van der Waals surface area contributed by atoms with Crippen molar-refractivity contribution in [2.45, 2.75) is 19.9 Å². The lowest BCUT2D eigenvalue weighted by Gasteiger charge is -2.12. The SMILES string of the molecule is Cc1cccc(NC(=O)CNC(C)CS(C)(=O)=O)c1. The molecule has 6 heteroatoms. The number of nitrogens with one attached hydrogen (secondary N) is 2. The molecule has 0 bridgehead atoms. The normalized spacial score (nSPS) is 13.0. The largest absolute Gasteiger partial charge is 0.325 e. The van der Waals surface area contributed by atoms with Crippen LogP contribution in [-0.2, 0) is 14.6 Å². The van der Waals surface area contributed by atoms with E-state index in [4.69, 9.17) is 0 Å². The summed E-state index contributed by atoms with van der Waals surface area (Å²) in [6, 6.07) is 7.24. The Morgan fingerprint density at radius 3 is 2.63 bits per heavy atom. The van der Waals surface area contributed by atoms with Gasteiger partial charge in [0.25, 0.3) is 0 Å². The predicted octanol–water partition coefficient (Wildman–Crippen LogP) is 0.956. The summed E-state index contributed by atoms with van der Waals surface area (Å²) in [7, 11) is -3.03. The van der Waals surface area contributed by atoms with E-state index < -0.39 is 9.84 Å². The number of anilines is 1. The number of amides is 1. The van der Waals surface area contributed by atoms with Gasteiger partial charge in [0.2, 0.25) is 5.91 Å². The van der Waals surface area contributed by atoms with Gasteiger partial charge in [0, 0.05) is 18.0 Å². The van der Waals surface area contributed by atoms with Crippen LogP contribution in [0.25, 0.3) is 0 Å². The van der Waals surface area contributed by atoms with Crippen LogP contribution in [0.4, 0.5) is 5.69 Å². The highest BCUT2D eigenvalue weighted by Crippen LogP contribution is 2.08. The lowest BCUT2D eigenvalue weighted by Crippen LogP contribution is -2.38. The van der Waals surface area contributed by atoms with E-state index in [9.17, 15) is 13.2 Å². The molecule has 1 aromatic carbocycles. The Balaban J connectivity index is 2.40. The molecule has 106 valence electrons.